The highest BCUT2D eigenvalue weighted by Gasteiger charge is 2.14. The first kappa shape index (κ1) is 7.44. The van der Waals surface area contributed by atoms with Crippen molar-refractivity contribution in [1.29, 1.82) is 0 Å². The van der Waals surface area contributed by atoms with Crippen LogP contribution in [-0.2, 0) is 0 Å². The lowest BCUT2D eigenvalue weighted by Gasteiger charge is -2.20. The van der Waals surface area contributed by atoms with E-state index in [0.29, 0.717) is 5.75 Å². The maximum Gasteiger partial charge on any atom is 0.159 e. The molecule has 2 radical (unpaired) electrons. The van der Waals surface area contributed by atoms with Crippen LogP contribution in [0.2, 0.25) is 0 Å². The van der Waals surface area contributed by atoms with Crippen molar-refractivity contribution < 1.29 is 4.74 Å². The first-order chi connectivity index (χ1) is 6.93. The molecule has 0 aliphatic carbocycles. The van der Waals surface area contributed by atoms with E-state index in [1.807, 2.05) is 30.3 Å². The zero-order chi connectivity index (χ0) is 9.38. The van der Waals surface area contributed by atoms with Gasteiger partial charge in [0.2, 0.25) is 0 Å². The fourth-order valence-electron chi connectivity index (χ4n) is 1.46. The predicted octanol–water partition coefficient (Wildman–Crippen LogP) is 3.14. The van der Waals surface area contributed by atoms with Crippen molar-refractivity contribution in [2.24, 2.45) is 0 Å². The summed E-state index contributed by atoms with van der Waals surface area (Å²) >= 11 is 0. The Morgan fingerprint density at radius 1 is 1.07 bits per heavy atom. The number of benzene rings is 2. The third-order valence-electron chi connectivity index (χ3n) is 2.11. The standard InChI is InChI=1S/C12H7NO/c1-3-7-11-9(5-1)13-10-6-2-4-8-12(10)14-11/h1-5,7,13H. The monoisotopic (exact) mass is 181 g/mol. The molecule has 2 aromatic carbocycles. The number of nitrogens with one attached hydrogen (secondary N) is 1. The van der Waals surface area contributed by atoms with Crippen LogP contribution in [0.3, 0.4) is 0 Å². The zero-order valence-electron chi connectivity index (χ0n) is 7.37. The summed E-state index contributed by atoms with van der Waals surface area (Å²) in [5.74, 6) is 1.53. The summed E-state index contributed by atoms with van der Waals surface area (Å²) in [5, 5.41) is 3.23. The maximum absolute atomic E-state index is 5.63. The molecule has 0 saturated carbocycles. The van der Waals surface area contributed by atoms with Crippen LogP contribution >= 0.6 is 0 Å². The molecule has 2 heteroatoms. The second-order valence-corrected chi connectivity index (χ2v) is 3.05. The minimum Gasteiger partial charge on any atom is -0.452 e. The van der Waals surface area contributed by atoms with Crippen molar-refractivity contribution in [3.63, 3.8) is 0 Å². The summed E-state index contributed by atoms with van der Waals surface area (Å²) in [4.78, 5) is 0. The molecule has 1 heterocycles. The number of rotatable bonds is 0. The van der Waals surface area contributed by atoms with Gasteiger partial charge in [-0.3, -0.25) is 0 Å². The molecule has 66 valence electrons. The Hall–Kier alpha value is -1.96. The van der Waals surface area contributed by atoms with Gasteiger partial charge in [0.05, 0.1) is 11.4 Å². The SMILES string of the molecule is [c]1cc[c]c2c1Nc1ccccc1O2. The predicted molar refractivity (Wildman–Crippen MR) is 53.9 cm³/mol. The number of fused-ring (bicyclic) bond motifs is 2. The summed E-state index contributed by atoms with van der Waals surface area (Å²) in [6.45, 7) is 0. The highest BCUT2D eigenvalue weighted by atomic mass is 16.5. The second-order valence-electron chi connectivity index (χ2n) is 3.05. The summed E-state index contributed by atoms with van der Waals surface area (Å²) in [7, 11) is 0. The Morgan fingerprint density at radius 2 is 1.93 bits per heavy atom. The van der Waals surface area contributed by atoms with Crippen LogP contribution in [0.25, 0.3) is 0 Å². The molecule has 1 aliphatic heterocycles. The lowest BCUT2D eigenvalue weighted by molar-refractivity contribution is 0.480. The van der Waals surface area contributed by atoms with Gasteiger partial charge in [-0.25, -0.2) is 0 Å². The molecule has 0 aromatic heterocycles. The van der Waals surface area contributed by atoms with Crippen molar-refractivity contribution in [3.05, 3.63) is 48.5 Å². The van der Waals surface area contributed by atoms with E-state index in [4.69, 9.17) is 4.74 Å². The van der Waals surface area contributed by atoms with Crippen molar-refractivity contribution >= 4 is 11.4 Å². The fourth-order valence-corrected chi connectivity index (χ4v) is 1.46. The van der Waals surface area contributed by atoms with Gasteiger partial charge in [-0.05, 0) is 18.2 Å². The molecular weight excluding hydrogens is 174 g/mol. The molecule has 0 spiro atoms. The van der Waals surface area contributed by atoms with Crippen LogP contribution in [0.15, 0.2) is 36.4 Å². The summed E-state index contributed by atoms with van der Waals surface area (Å²) < 4.78 is 5.63. The van der Waals surface area contributed by atoms with Gasteiger partial charge in [0, 0.05) is 12.1 Å². The highest BCUT2D eigenvalue weighted by molar-refractivity contribution is 5.74. The molecular formula is C12H7NO. The topological polar surface area (TPSA) is 21.3 Å². The maximum atomic E-state index is 5.63. The van der Waals surface area contributed by atoms with Gasteiger partial charge in [-0.2, -0.15) is 0 Å². The first-order valence-corrected chi connectivity index (χ1v) is 4.40. The summed E-state index contributed by atoms with van der Waals surface area (Å²) in [6.07, 6.45) is 0. The van der Waals surface area contributed by atoms with Gasteiger partial charge < -0.3 is 10.1 Å². The number of anilines is 2. The Kier molecular flexibility index (Phi) is 1.47. The molecule has 0 unspecified atom stereocenters. The van der Waals surface area contributed by atoms with Crippen LogP contribution in [-0.4, -0.2) is 0 Å². The first-order valence-electron chi connectivity index (χ1n) is 4.40. The van der Waals surface area contributed by atoms with Crippen molar-refractivity contribution in [3.8, 4) is 11.5 Å². The molecule has 2 nitrogen and oxygen atoms in total. The Morgan fingerprint density at radius 3 is 2.93 bits per heavy atom. The summed E-state index contributed by atoms with van der Waals surface area (Å²) in [5.41, 5.74) is 1.81. The lowest BCUT2D eigenvalue weighted by Crippen LogP contribution is -2.02. The van der Waals surface area contributed by atoms with Gasteiger partial charge in [0.1, 0.15) is 0 Å². The average Bonchev–Trinajstić information content (AvgIpc) is 2.26. The Labute approximate surface area is 82.1 Å². The molecule has 0 fully saturated rings. The number of hydrogen-bond donors (Lipinski definition) is 1. The molecule has 1 aliphatic rings. The van der Waals surface area contributed by atoms with Crippen LogP contribution in [0.5, 0.6) is 11.5 Å². The van der Waals surface area contributed by atoms with Gasteiger partial charge in [-0.1, -0.05) is 18.2 Å². The largest absolute Gasteiger partial charge is 0.452 e. The Bertz CT molecular complexity index is 392. The van der Waals surface area contributed by atoms with Crippen molar-refractivity contribution in [2.75, 3.05) is 5.32 Å². The van der Waals surface area contributed by atoms with Gasteiger partial charge in [0.25, 0.3) is 0 Å². The quantitative estimate of drug-likeness (QED) is 0.575. The number of hydrogen-bond acceptors (Lipinski definition) is 2. The highest BCUT2D eigenvalue weighted by Crippen LogP contribution is 2.40. The van der Waals surface area contributed by atoms with Crippen molar-refractivity contribution in [1.82, 2.24) is 0 Å². The minimum absolute atomic E-state index is 0.700. The van der Waals surface area contributed by atoms with Crippen molar-refractivity contribution in [2.45, 2.75) is 0 Å². The average molecular weight is 181 g/mol. The van der Waals surface area contributed by atoms with Crippen LogP contribution in [0, 0.1) is 12.1 Å². The van der Waals surface area contributed by atoms with Crippen LogP contribution < -0.4 is 10.1 Å². The number of para-hydroxylation sites is 2. The molecule has 2 aromatic rings. The summed E-state index contributed by atoms with van der Waals surface area (Å²) in [6, 6.07) is 17.5. The van der Waals surface area contributed by atoms with Gasteiger partial charge in [0.15, 0.2) is 11.5 Å². The Balaban J connectivity index is 2.12. The molecule has 1 N–H and O–H groups in total. The van der Waals surface area contributed by atoms with E-state index >= 15 is 0 Å². The van der Waals surface area contributed by atoms with E-state index in [2.05, 4.69) is 17.4 Å². The third kappa shape index (κ3) is 1.04. The molecule has 0 amide bonds. The van der Waals surface area contributed by atoms with Gasteiger partial charge in [-0.15, -0.1) is 0 Å². The van der Waals surface area contributed by atoms with E-state index in [9.17, 15) is 0 Å². The van der Waals surface area contributed by atoms with E-state index < -0.39 is 0 Å². The van der Waals surface area contributed by atoms with Gasteiger partial charge >= 0.3 is 0 Å². The van der Waals surface area contributed by atoms with E-state index in [-0.39, 0.29) is 0 Å². The lowest BCUT2D eigenvalue weighted by atomic mass is 10.2. The van der Waals surface area contributed by atoms with Crippen LogP contribution in [0.1, 0.15) is 0 Å². The molecule has 3 rings (SSSR count). The molecule has 0 saturated heterocycles. The normalized spacial score (nSPS) is 12.0. The van der Waals surface area contributed by atoms with Crippen LogP contribution in [0.4, 0.5) is 11.4 Å². The van der Waals surface area contributed by atoms with E-state index in [1.165, 1.54) is 0 Å². The third-order valence-corrected chi connectivity index (χ3v) is 2.11. The minimum atomic E-state index is 0.700. The smallest absolute Gasteiger partial charge is 0.159 e. The fraction of sp³-hybridized carbons (Fsp3) is 0. The molecule has 0 bridgehead atoms. The van der Waals surface area contributed by atoms with E-state index in [0.717, 1.165) is 17.1 Å². The molecule has 14 heavy (non-hydrogen) atoms. The second kappa shape index (κ2) is 2.77. The zero-order valence-corrected chi connectivity index (χ0v) is 7.37. The van der Waals surface area contributed by atoms with E-state index in [1.54, 1.807) is 6.07 Å². The number of ether oxygens (including phenoxy) is 1. The molecule has 0 atom stereocenters.